The number of amides is 1. The number of nitrogens with zero attached hydrogens (tertiary/aromatic N) is 5. The minimum atomic E-state index is 0.0442. The molecule has 1 fully saturated rings. The molecule has 8 nitrogen and oxygen atoms in total. The van der Waals surface area contributed by atoms with Crippen molar-refractivity contribution in [3.05, 3.63) is 29.8 Å². The molecule has 0 spiro atoms. The maximum atomic E-state index is 12.3. The predicted molar refractivity (Wildman–Crippen MR) is 91.6 cm³/mol. The maximum absolute atomic E-state index is 12.3. The van der Waals surface area contributed by atoms with Gasteiger partial charge in [-0.3, -0.25) is 14.2 Å². The first-order valence-electron chi connectivity index (χ1n) is 8.92. The lowest BCUT2D eigenvalue weighted by Crippen LogP contribution is -2.39. The third kappa shape index (κ3) is 4.66. The predicted octanol–water partition coefficient (Wildman–Crippen LogP) is 0.464. The lowest BCUT2D eigenvalue weighted by atomic mass is 10.0. The number of aryl methyl sites for hydroxylation is 2. The van der Waals surface area contributed by atoms with Crippen molar-refractivity contribution >= 4 is 5.91 Å². The van der Waals surface area contributed by atoms with Gasteiger partial charge >= 0.3 is 0 Å². The van der Waals surface area contributed by atoms with Gasteiger partial charge in [-0.1, -0.05) is 11.6 Å². The van der Waals surface area contributed by atoms with E-state index >= 15 is 0 Å². The van der Waals surface area contributed by atoms with Crippen molar-refractivity contribution in [3.8, 4) is 0 Å². The summed E-state index contributed by atoms with van der Waals surface area (Å²) in [7, 11) is 1.85. The second-order valence-electron chi connectivity index (χ2n) is 6.75. The van der Waals surface area contributed by atoms with Gasteiger partial charge in [-0.25, -0.2) is 0 Å². The lowest BCUT2D eigenvalue weighted by Gasteiger charge is -2.20. The second-order valence-corrected chi connectivity index (χ2v) is 6.75. The van der Waals surface area contributed by atoms with Gasteiger partial charge in [0, 0.05) is 44.3 Å². The molecule has 2 aromatic rings. The monoisotopic (exact) mass is 346 g/mol. The fourth-order valence-electron chi connectivity index (χ4n) is 3.49. The summed E-state index contributed by atoms with van der Waals surface area (Å²) in [6, 6.07) is 2.06. The molecule has 3 rings (SSSR count). The molecule has 2 N–H and O–H groups in total. The molecule has 0 bridgehead atoms. The summed E-state index contributed by atoms with van der Waals surface area (Å²) in [5, 5.41) is 24.5. The van der Waals surface area contributed by atoms with Crippen LogP contribution in [-0.2, 0) is 31.2 Å². The standard InChI is InChI=1S/C17H26N6O2/c1-22-15(7-8-18-22)10-17(25)19-16-6-2-4-13(16)11-23-12-14(20-21-23)5-3-9-24/h7-8,12-13,16,24H,2-6,9-11H2,1H3,(H,19,25)/t13-,16-/m1/s1. The van der Waals surface area contributed by atoms with Crippen LogP contribution in [0.4, 0.5) is 0 Å². The number of aliphatic hydroxyl groups is 1. The second kappa shape index (κ2) is 8.24. The highest BCUT2D eigenvalue weighted by molar-refractivity contribution is 5.78. The number of rotatable bonds is 8. The molecule has 0 aliphatic heterocycles. The molecule has 136 valence electrons. The first kappa shape index (κ1) is 17.6. The van der Waals surface area contributed by atoms with Gasteiger partial charge in [0.25, 0.3) is 0 Å². The van der Waals surface area contributed by atoms with Crippen LogP contribution in [0.3, 0.4) is 0 Å². The lowest BCUT2D eigenvalue weighted by molar-refractivity contribution is -0.121. The van der Waals surface area contributed by atoms with Crippen LogP contribution in [-0.4, -0.2) is 48.4 Å². The first-order chi connectivity index (χ1) is 12.2. The molecule has 1 aliphatic carbocycles. The highest BCUT2D eigenvalue weighted by atomic mass is 16.2. The van der Waals surface area contributed by atoms with E-state index in [1.807, 2.05) is 24.0 Å². The van der Waals surface area contributed by atoms with Crippen LogP contribution in [0.2, 0.25) is 0 Å². The number of carbonyl (C=O) groups is 1. The Morgan fingerprint density at radius 3 is 3.08 bits per heavy atom. The highest BCUT2D eigenvalue weighted by Gasteiger charge is 2.29. The van der Waals surface area contributed by atoms with E-state index in [1.165, 1.54) is 0 Å². The van der Waals surface area contributed by atoms with Crippen molar-refractivity contribution in [2.24, 2.45) is 13.0 Å². The van der Waals surface area contributed by atoms with E-state index in [2.05, 4.69) is 20.7 Å². The summed E-state index contributed by atoms with van der Waals surface area (Å²) >= 11 is 0. The van der Waals surface area contributed by atoms with E-state index in [9.17, 15) is 4.79 Å². The summed E-state index contributed by atoms with van der Waals surface area (Å²) < 4.78 is 3.60. The molecule has 1 aliphatic rings. The summed E-state index contributed by atoms with van der Waals surface area (Å²) in [4.78, 5) is 12.3. The molecule has 2 heterocycles. The highest BCUT2D eigenvalue weighted by Crippen LogP contribution is 2.27. The van der Waals surface area contributed by atoms with Gasteiger partial charge in [-0.15, -0.1) is 5.10 Å². The molecule has 2 aromatic heterocycles. The van der Waals surface area contributed by atoms with Crippen molar-refractivity contribution < 1.29 is 9.90 Å². The molecular weight excluding hydrogens is 320 g/mol. The molecule has 2 atom stereocenters. The Kier molecular flexibility index (Phi) is 5.80. The van der Waals surface area contributed by atoms with Crippen molar-refractivity contribution in [2.75, 3.05) is 6.61 Å². The van der Waals surface area contributed by atoms with E-state index in [1.54, 1.807) is 10.9 Å². The average molecular weight is 346 g/mol. The zero-order valence-electron chi connectivity index (χ0n) is 14.6. The number of carbonyl (C=O) groups excluding carboxylic acids is 1. The van der Waals surface area contributed by atoms with Crippen molar-refractivity contribution in [3.63, 3.8) is 0 Å². The Morgan fingerprint density at radius 2 is 2.32 bits per heavy atom. The number of hydrogen-bond acceptors (Lipinski definition) is 5. The SMILES string of the molecule is Cn1nccc1CC(=O)N[C@@H]1CCC[C@@H]1Cn1cc(CCCO)nn1. The number of aliphatic hydroxyl groups excluding tert-OH is 1. The summed E-state index contributed by atoms with van der Waals surface area (Å²) in [5.41, 5.74) is 1.82. The fourth-order valence-corrected chi connectivity index (χ4v) is 3.49. The van der Waals surface area contributed by atoms with Crippen LogP contribution >= 0.6 is 0 Å². The van der Waals surface area contributed by atoms with Crippen molar-refractivity contribution in [1.29, 1.82) is 0 Å². The minimum Gasteiger partial charge on any atom is -0.396 e. The third-order valence-electron chi connectivity index (χ3n) is 4.87. The van der Waals surface area contributed by atoms with E-state index in [0.717, 1.165) is 43.6 Å². The van der Waals surface area contributed by atoms with E-state index in [0.29, 0.717) is 18.8 Å². The van der Waals surface area contributed by atoms with Crippen LogP contribution in [0, 0.1) is 5.92 Å². The van der Waals surface area contributed by atoms with Gasteiger partial charge in [0.2, 0.25) is 5.91 Å². The molecule has 0 unspecified atom stereocenters. The molecule has 0 radical (unpaired) electrons. The minimum absolute atomic E-state index is 0.0442. The van der Waals surface area contributed by atoms with Crippen molar-refractivity contribution in [1.82, 2.24) is 30.1 Å². The number of hydrogen-bond donors (Lipinski definition) is 2. The van der Waals surface area contributed by atoms with Crippen LogP contribution in [0.25, 0.3) is 0 Å². The molecule has 8 heteroatoms. The van der Waals surface area contributed by atoms with Gasteiger partial charge in [0.05, 0.1) is 12.1 Å². The Balaban J connectivity index is 1.52. The Hall–Kier alpha value is -2.22. The number of nitrogens with one attached hydrogen (secondary N) is 1. The van der Waals surface area contributed by atoms with Gasteiger partial charge in [-0.05, 0) is 37.7 Å². The zero-order chi connectivity index (χ0) is 17.6. The van der Waals surface area contributed by atoms with Crippen molar-refractivity contribution in [2.45, 2.75) is 51.1 Å². The largest absolute Gasteiger partial charge is 0.396 e. The Labute approximate surface area is 147 Å². The summed E-state index contributed by atoms with van der Waals surface area (Å²) in [6.45, 7) is 0.934. The topological polar surface area (TPSA) is 97.9 Å². The van der Waals surface area contributed by atoms with Crippen LogP contribution in [0.15, 0.2) is 18.5 Å². The average Bonchev–Trinajstić information content (AvgIpc) is 3.30. The smallest absolute Gasteiger partial charge is 0.226 e. The van der Waals surface area contributed by atoms with Gasteiger partial charge in [0.15, 0.2) is 0 Å². The third-order valence-corrected chi connectivity index (χ3v) is 4.87. The van der Waals surface area contributed by atoms with Crippen LogP contribution < -0.4 is 5.32 Å². The van der Waals surface area contributed by atoms with E-state index < -0.39 is 0 Å². The number of aromatic nitrogens is 5. The Morgan fingerprint density at radius 1 is 1.44 bits per heavy atom. The fraction of sp³-hybridized carbons (Fsp3) is 0.647. The Bertz CT molecular complexity index is 695. The first-order valence-corrected chi connectivity index (χ1v) is 8.92. The quantitative estimate of drug-likeness (QED) is 0.724. The van der Waals surface area contributed by atoms with E-state index in [-0.39, 0.29) is 18.6 Å². The molecule has 25 heavy (non-hydrogen) atoms. The van der Waals surface area contributed by atoms with E-state index in [4.69, 9.17) is 5.11 Å². The molecule has 1 saturated carbocycles. The molecule has 0 aromatic carbocycles. The van der Waals surface area contributed by atoms with Gasteiger partial charge < -0.3 is 10.4 Å². The van der Waals surface area contributed by atoms with Gasteiger partial charge in [0.1, 0.15) is 0 Å². The maximum Gasteiger partial charge on any atom is 0.226 e. The van der Waals surface area contributed by atoms with Crippen LogP contribution in [0.1, 0.15) is 37.1 Å². The zero-order valence-corrected chi connectivity index (χ0v) is 14.6. The normalized spacial score (nSPS) is 20.1. The summed E-state index contributed by atoms with van der Waals surface area (Å²) in [5.74, 6) is 0.422. The molecule has 0 saturated heterocycles. The van der Waals surface area contributed by atoms with Crippen LogP contribution in [0.5, 0.6) is 0 Å². The molecule has 1 amide bonds. The van der Waals surface area contributed by atoms with Gasteiger partial charge in [-0.2, -0.15) is 5.10 Å². The molecular formula is C17H26N6O2. The summed E-state index contributed by atoms with van der Waals surface area (Å²) in [6.07, 6.45) is 8.67.